The van der Waals surface area contributed by atoms with Crippen LogP contribution in [0.1, 0.15) is 18.7 Å². The van der Waals surface area contributed by atoms with Gasteiger partial charge in [-0.2, -0.15) is 0 Å². The van der Waals surface area contributed by atoms with E-state index in [4.69, 9.17) is 5.73 Å². The quantitative estimate of drug-likeness (QED) is 0.834. The van der Waals surface area contributed by atoms with Gasteiger partial charge in [-0.05, 0) is 25.1 Å². The molecule has 0 spiro atoms. The molecular formula is C13H18N4O. The summed E-state index contributed by atoms with van der Waals surface area (Å²) in [4.78, 5) is 21.1. The smallest absolute Gasteiger partial charge is 0.222 e. The molecule has 0 unspecified atom stereocenters. The summed E-state index contributed by atoms with van der Waals surface area (Å²) in [6.45, 7) is 1.04. The molecule has 1 heterocycles. The van der Waals surface area contributed by atoms with Crippen molar-refractivity contribution in [3.63, 3.8) is 0 Å². The predicted octanol–water partition coefficient (Wildman–Crippen LogP) is 1.26. The molecule has 0 fully saturated rings. The van der Waals surface area contributed by atoms with Crippen LogP contribution in [0.25, 0.3) is 11.0 Å². The molecule has 0 aliphatic carbocycles. The molecule has 1 aromatic carbocycles. The number of carbonyl (C=O) groups excluding carboxylic acids is 1. The van der Waals surface area contributed by atoms with Crippen molar-refractivity contribution in [2.45, 2.75) is 19.4 Å². The predicted molar refractivity (Wildman–Crippen MR) is 70.9 cm³/mol. The average Bonchev–Trinajstić information content (AvgIpc) is 2.77. The lowest BCUT2D eigenvalue weighted by molar-refractivity contribution is -0.130. The third-order valence-corrected chi connectivity index (χ3v) is 2.85. The topological polar surface area (TPSA) is 75.0 Å². The summed E-state index contributed by atoms with van der Waals surface area (Å²) < 4.78 is 0. The maximum Gasteiger partial charge on any atom is 0.222 e. The van der Waals surface area contributed by atoms with Gasteiger partial charge in [0.25, 0.3) is 0 Å². The Morgan fingerprint density at radius 3 is 2.94 bits per heavy atom. The molecule has 0 saturated heterocycles. The fourth-order valence-corrected chi connectivity index (χ4v) is 1.84. The molecule has 1 aromatic heterocycles. The lowest BCUT2D eigenvalue weighted by atomic mass is 10.3. The molecule has 2 rings (SSSR count). The zero-order chi connectivity index (χ0) is 13.0. The van der Waals surface area contributed by atoms with Gasteiger partial charge in [0.1, 0.15) is 5.82 Å². The number of H-pyrrole nitrogens is 1. The molecule has 0 saturated carbocycles. The van der Waals surface area contributed by atoms with E-state index in [1.165, 1.54) is 0 Å². The summed E-state index contributed by atoms with van der Waals surface area (Å²) in [7, 11) is 1.78. The van der Waals surface area contributed by atoms with E-state index in [-0.39, 0.29) is 5.91 Å². The van der Waals surface area contributed by atoms with Crippen molar-refractivity contribution >= 4 is 16.9 Å². The van der Waals surface area contributed by atoms with E-state index in [1.54, 1.807) is 11.9 Å². The third-order valence-electron chi connectivity index (χ3n) is 2.85. The van der Waals surface area contributed by atoms with Gasteiger partial charge in [-0.3, -0.25) is 4.79 Å². The lowest BCUT2D eigenvalue weighted by Crippen LogP contribution is -2.27. The molecule has 5 nitrogen and oxygen atoms in total. The van der Waals surface area contributed by atoms with Gasteiger partial charge in [0, 0.05) is 13.5 Å². The van der Waals surface area contributed by atoms with Crippen molar-refractivity contribution in [3.05, 3.63) is 30.1 Å². The Morgan fingerprint density at radius 1 is 1.44 bits per heavy atom. The van der Waals surface area contributed by atoms with Gasteiger partial charge in [0.05, 0.1) is 17.6 Å². The van der Waals surface area contributed by atoms with Crippen LogP contribution >= 0.6 is 0 Å². The van der Waals surface area contributed by atoms with E-state index < -0.39 is 0 Å². The highest BCUT2D eigenvalue weighted by atomic mass is 16.2. The van der Waals surface area contributed by atoms with Crippen LogP contribution in [0.3, 0.4) is 0 Å². The van der Waals surface area contributed by atoms with Gasteiger partial charge in [-0.15, -0.1) is 0 Å². The van der Waals surface area contributed by atoms with Crippen LogP contribution in [0.15, 0.2) is 24.3 Å². The number of fused-ring (bicyclic) bond motifs is 1. The minimum absolute atomic E-state index is 0.0981. The number of hydrogen-bond donors (Lipinski definition) is 2. The van der Waals surface area contributed by atoms with E-state index in [0.29, 0.717) is 19.5 Å². The maximum atomic E-state index is 11.8. The molecule has 0 atom stereocenters. The Balaban J connectivity index is 2.02. The van der Waals surface area contributed by atoms with Crippen LogP contribution in [-0.4, -0.2) is 34.4 Å². The SMILES string of the molecule is CN(Cc1nc2ccccc2[nH]1)C(=O)CCCN. The van der Waals surface area contributed by atoms with Crippen molar-refractivity contribution < 1.29 is 4.79 Å². The number of carbonyl (C=O) groups is 1. The highest BCUT2D eigenvalue weighted by Crippen LogP contribution is 2.11. The minimum Gasteiger partial charge on any atom is -0.340 e. The molecular weight excluding hydrogens is 228 g/mol. The van der Waals surface area contributed by atoms with Crippen molar-refractivity contribution in [1.29, 1.82) is 0 Å². The number of rotatable bonds is 5. The molecule has 2 aromatic rings. The number of amides is 1. The molecule has 3 N–H and O–H groups in total. The van der Waals surface area contributed by atoms with Crippen LogP contribution in [0.5, 0.6) is 0 Å². The summed E-state index contributed by atoms with van der Waals surface area (Å²) in [5.74, 6) is 0.903. The number of nitrogens with zero attached hydrogens (tertiary/aromatic N) is 2. The average molecular weight is 246 g/mol. The first-order chi connectivity index (χ1) is 8.70. The van der Waals surface area contributed by atoms with Crippen LogP contribution in [0.4, 0.5) is 0 Å². The first kappa shape index (κ1) is 12.6. The number of imidazole rings is 1. The van der Waals surface area contributed by atoms with Gasteiger partial charge in [0.2, 0.25) is 5.91 Å². The number of benzene rings is 1. The van der Waals surface area contributed by atoms with Gasteiger partial charge in [0.15, 0.2) is 0 Å². The number of nitrogens with two attached hydrogens (primary N) is 1. The fourth-order valence-electron chi connectivity index (χ4n) is 1.84. The van der Waals surface area contributed by atoms with E-state index in [9.17, 15) is 4.79 Å². The second-order valence-corrected chi connectivity index (χ2v) is 4.34. The highest BCUT2D eigenvalue weighted by molar-refractivity contribution is 5.76. The summed E-state index contributed by atoms with van der Waals surface area (Å²) in [5, 5.41) is 0. The minimum atomic E-state index is 0.0981. The zero-order valence-electron chi connectivity index (χ0n) is 10.5. The van der Waals surface area contributed by atoms with Gasteiger partial charge >= 0.3 is 0 Å². The summed E-state index contributed by atoms with van der Waals surface area (Å²) in [6, 6.07) is 7.83. The number of para-hydroxylation sites is 2. The Morgan fingerprint density at radius 2 is 2.22 bits per heavy atom. The Labute approximate surface area is 106 Å². The van der Waals surface area contributed by atoms with E-state index in [2.05, 4.69) is 9.97 Å². The van der Waals surface area contributed by atoms with Crippen molar-refractivity contribution in [2.75, 3.05) is 13.6 Å². The van der Waals surface area contributed by atoms with Crippen LogP contribution < -0.4 is 5.73 Å². The van der Waals surface area contributed by atoms with Crippen LogP contribution in [0.2, 0.25) is 0 Å². The molecule has 5 heteroatoms. The molecule has 18 heavy (non-hydrogen) atoms. The molecule has 0 radical (unpaired) electrons. The zero-order valence-corrected chi connectivity index (χ0v) is 10.5. The normalized spacial score (nSPS) is 10.8. The number of hydrogen-bond acceptors (Lipinski definition) is 3. The van der Waals surface area contributed by atoms with Crippen LogP contribution in [0, 0.1) is 0 Å². The van der Waals surface area contributed by atoms with Crippen molar-refractivity contribution in [3.8, 4) is 0 Å². The van der Waals surface area contributed by atoms with Gasteiger partial charge in [-0.1, -0.05) is 12.1 Å². The number of aromatic amines is 1. The number of nitrogens with one attached hydrogen (secondary N) is 1. The Hall–Kier alpha value is -1.88. The third kappa shape index (κ3) is 2.87. The Bertz CT molecular complexity index is 502. The van der Waals surface area contributed by atoms with E-state index in [0.717, 1.165) is 23.3 Å². The molecule has 96 valence electrons. The highest BCUT2D eigenvalue weighted by Gasteiger charge is 2.10. The Kier molecular flexibility index (Phi) is 3.94. The monoisotopic (exact) mass is 246 g/mol. The van der Waals surface area contributed by atoms with E-state index in [1.807, 2.05) is 24.3 Å². The number of aromatic nitrogens is 2. The van der Waals surface area contributed by atoms with Crippen LogP contribution in [-0.2, 0) is 11.3 Å². The first-order valence-electron chi connectivity index (χ1n) is 6.08. The van der Waals surface area contributed by atoms with Gasteiger partial charge < -0.3 is 15.6 Å². The van der Waals surface area contributed by atoms with E-state index >= 15 is 0 Å². The molecule has 0 aliphatic rings. The largest absolute Gasteiger partial charge is 0.340 e. The molecule has 0 aliphatic heterocycles. The lowest BCUT2D eigenvalue weighted by Gasteiger charge is -2.15. The first-order valence-corrected chi connectivity index (χ1v) is 6.08. The standard InChI is InChI=1S/C13H18N4O/c1-17(13(18)7-4-8-14)9-12-15-10-5-2-3-6-11(10)16-12/h2-3,5-6H,4,7-9,14H2,1H3,(H,15,16). The summed E-state index contributed by atoms with van der Waals surface area (Å²) in [5.41, 5.74) is 7.31. The summed E-state index contributed by atoms with van der Waals surface area (Å²) in [6.07, 6.45) is 1.22. The second kappa shape index (κ2) is 5.64. The summed E-state index contributed by atoms with van der Waals surface area (Å²) >= 11 is 0. The second-order valence-electron chi connectivity index (χ2n) is 4.34. The maximum absolute atomic E-state index is 11.8. The van der Waals surface area contributed by atoms with Gasteiger partial charge in [-0.25, -0.2) is 4.98 Å². The molecule has 0 bridgehead atoms. The van der Waals surface area contributed by atoms with Crippen molar-refractivity contribution in [1.82, 2.24) is 14.9 Å². The molecule has 1 amide bonds. The van der Waals surface area contributed by atoms with Crippen molar-refractivity contribution in [2.24, 2.45) is 5.73 Å². The fraction of sp³-hybridized carbons (Fsp3) is 0.385.